The Labute approximate surface area is 178 Å². The first-order chi connectivity index (χ1) is 14.7. The molecule has 3 amide bonds. The Balaban J connectivity index is 2.02. The minimum atomic E-state index is -4.79. The monoisotopic (exact) mass is 441 g/mol. The maximum absolute atomic E-state index is 12.4. The number of nitrogens with zero attached hydrogens (tertiary/aromatic N) is 2. The molecule has 0 aliphatic carbocycles. The van der Waals surface area contributed by atoms with Gasteiger partial charge in [0.05, 0.1) is 0 Å². The van der Waals surface area contributed by atoms with Gasteiger partial charge in [0.1, 0.15) is 5.75 Å². The Bertz CT molecular complexity index is 866. The fourth-order valence-electron chi connectivity index (χ4n) is 2.63. The number of nitrogens with one attached hydrogen (secondary N) is 3. The molecule has 1 aromatic heterocycles. The van der Waals surface area contributed by atoms with E-state index in [1.165, 1.54) is 12.1 Å². The summed E-state index contributed by atoms with van der Waals surface area (Å²) in [5.74, 6) is -0.329. The van der Waals surface area contributed by atoms with Gasteiger partial charge in [0, 0.05) is 25.0 Å². The molecule has 11 heteroatoms. The first-order valence-electron chi connectivity index (χ1n) is 10.0. The molecule has 8 nitrogen and oxygen atoms in total. The van der Waals surface area contributed by atoms with Gasteiger partial charge in [-0.15, -0.1) is 13.2 Å². The van der Waals surface area contributed by atoms with Gasteiger partial charge in [-0.3, -0.25) is 10.1 Å². The molecule has 170 valence electrons. The van der Waals surface area contributed by atoms with Crippen LogP contribution in [0.3, 0.4) is 0 Å². The lowest BCUT2D eigenvalue weighted by atomic mass is 10.3. The van der Waals surface area contributed by atoms with Crippen LogP contribution in [0.25, 0.3) is 0 Å². The SMILES string of the molecule is CCCCNC(=O)c1nc(NC(=O)Nc2ccc(OC(F)(F)F)cc2)cn1CCCC. The number of alkyl halides is 3. The van der Waals surface area contributed by atoms with Crippen LogP contribution < -0.4 is 20.7 Å². The second kappa shape index (κ2) is 11.2. The molecule has 0 bridgehead atoms. The van der Waals surface area contributed by atoms with Gasteiger partial charge in [-0.25, -0.2) is 9.78 Å². The van der Waals surface area contributed by atoms with Crippen molar-refractivity contribution in [1.29, 1.82) is 0 Å². The van der Waals surface area contributed by atoms with E-state index in [0.717, 1.165) is 37.8 Å². The van der Waals surface area contributed by atoms with Crippen LogP contribution in [0.2, 0.25) is 0 Å². The Hall–Kier alpha value is -3.24. The standard InChI is InChI=1S/C20H26F3N5O3/c1-3-5-11-24-18(29)17-26-16(13-28(17)12-6-4-2)27-19(30)25-14-7-9-15(10-8-14)31-20(21,22)23/h7-10,13H,3-6,11-12H2,1-2H3,(H,24,29)(H2,25,27,30). The Morgan fingerprint density at radius 2 is 1.74 bits per heavy atom. The summed E-state index contributed by atoms with van der Waals surface area (Å²) < 4.78 is 42.1. The van der Waals surface area contributed by atoms with Gasteiger partial charge in [0.25, 0.3) is 5.91 Å². The number of carbonyl (C=O) groups excluding carboxylic acids is 2. The lowest BCUT2D eigenvalue weighted by Gasteiger charge is -2.10. The maximum atomic E-state index is 12.4. The van der Waals surface area contributed by atoms with Gasteiger partial charge in [0.2, 0.25) is 5.82 Å². The Morgan fingerprint density at radius 1 is 1.06 bits per heavy atom. The third kappa shape index (κ3) is 8.19. The van der Waals surface area contributed by atoms with Crippen molar-refractivity contribution in [3.63, 3.8) is 0 Å². The molecule has 31 heavy (non-hydrogen) atoms. The molecule has 1 heterocycles. The highest BCUT2D eigenvalue weighted by Crippen LogP contribution is 2.24. The van der Waals surface area contributed by atoms with Crippen LogP contribution in [0.1, 0.15) is 50.1 Å². The van der Waals surface area contributed by atoms with Gasteiger partial charge >= 0.3 is 12.4 Å². The number of anilines is 2. The van der Waals surface area contributed by atoms with Crippen molar-refractivity contribution >= 4 is 23.4 Å². The largest absolute Gasteiger partial charge is 0.573 e. The summed E-state index contributed by atoms with van der Waals surface area (Å²) in [6.07, 6.45) is 0.340. The molecule has 2 rings (SSSR count). The van der Waals surface area contributed by atoms with Crippen LogP contribution in [0.4, 0.5) is 29.5 Å². The normalized spacial score (nSPS) is 11.1. The van der Waals surface area contributed by atoms with Gasteiger partial charge < -0.3 is 19.9 Å². The van der Waals surface area contributed by atoms with E-state index in [0.29, 0.717) is 13.1 Å². The van der Waals surface area contributed by atoms with E-state index >= 15 is 0 Å². The van der Waals surface area contributed by atoms with Gasteiger partial charge in [-0.2, -0.15) is 0 Å². The van der Waals surface area contributed by atoms with Crippen molar-refractivity contribution in [1.82, 2.24) is 14.9 Å². The Morgan fingerprint density at radius 3 is 2.35 bits per heavy atom. The molecule has 0 spiro atoms. The fraction of sp³-hybridized carbons (Fsp3) is 0.450. The van der Waals surface area contributed by atoms with Gasteiger partial charge in [-0.1, -0.05) is 26.7 Å². The number of benzene rings is 1. The average molecular weight is 441 g/mol. The van der Waals surface area contributed by atoms with Crippen molar-refractivity contribution in [2.24, 2.45) is 0 Å². The van der Waals surface area contributed by atoms with E-state index in [4.69, 9.17) is 0 Å². The number of imidazole rings is 1. The molecular formula is C20H26F3N5O3. The van der Waals surface area contributed by atoms with Crippen molar-refractivity contribution < 1.29 is 27.5 Å². The third-order valence-electron chi connectivity index (χ3n) is 4.14. The van der Waals surface area contributed by atoms with E-state index < -0.39 is 18.1 Å². The smallest absolute Gasteiger partial charge is 0.406 e. The molecular weight excluding hydrogens is 415 g/mol. The number of unbranched alkanes of at least 4 members (excludes halogenated alkanes) is 2. The molecule has 3 N–H and O–H groups in total. The zero-order valence-corrected chi connectivity index (χ0v) is 17.4. The van der Waals surface area contributed by atoms with E-state index in [1.807, 2.05) is 13.8 Å². The number of aryl methyl sites for hydroxylation is 1. The summed E-state index contributed by atoms with van der Waals surface area (Å²) in [6, 6.07) is 4.06. The number of carbonyl (C=O) groups is 2. The zero-order chi connectivity index (χ0) is 22.9. The van der Waals surface area contributed by atoms with Crippen LogP contribution in [-0.2, 0) is 6.54 Å². The molecule has 2 aromatic rings. The summed E-state index contributed by atoms with van der Waals surface area (Å²) in [5, 5.41) is 7.82. The minimum absolute atomic E-state index is 0.186. The van der Waals surface area contributed by atoms with Gasteiger partial charge in [0.15, 0.2) is 5.82 Å². The lowest BCUT2D eigenvalue weighted by molar-refractivity contribution is -0.274. The number of rotatable bonds is 10. The third-order valence-corrected chi connectivity index (χ3v) is 4.14. The zero-order valence-electron chi connectivity index (χ0n) is 17.4. The summed E-state index contributed by atoms with van der Waals surface area (Å²) in [6.45, 7) is 5.15. The van der Waals surface area contributed by atoms with Crippen molar-refractivity contribution in [3.05, 3.63) is 36.3 Å². The number of ether oxygens (including phenoxy) is 1. The quantitative estimate of drug-likeness (QED) is 0.463. The average Bonchev–Trinajstić information content (AvgIpc) is 3.09. The topological polar surface area (TPSA) is 97.3 Å². The van der Waals surface area contributed by atoms with Crippen LogP contribution >= 0.6 is 0 Å². The second-order valence-electron chi connectivity index (χ2n) is 6.76. The number of amides is 3. The predicted molar refractivity (Wildman–Crippen MR) is 110 cm³/mol. The molecule has 0 saturated carbocycles. The molecule has 0 aliphatic rings. The van der Waals surface area contributed by atoms with Crippen LogP contribution in [0.15, 0.2) is 30.5 Å². The highest BCUT2D eigenvalue weighted by molar-refractivity contribution is 5.99. The molecule has 0 radical (unpaired) electrons. The number of hydrogen-bond acceptors (Lipinski definition) is 4. The lowest BCUT2D eigenvalue weighted by Crippen LogP contribution is -2.27. The number of hydrogen-bond donors (Lipinski definition) is 3. The second-order valence-corrected chi connectivity index (χ2v) is 6.76. The summed E-state index contributed by atoms with van der Waals surface area (Å²) in [5.41, 5.74) is 0.259. The summed E-state index contributed by atoms with van der Waals surface area (Å²) >= 11 is 0. The number of urea groups is 1. The van der Waals surface area contributed by atoms with Crippen molar-refractivity contribution in [2.45, 2.75) is 52.4 Å². The molecule has 0 aliphatic heterocycles. The van der Waals surface area contributed by atoms with E-state index in [-0.39, 0.29) is 23.2 Å². The summed E-state index contributed by atoms with van der Waals surface area (Å²) in [4.78, 5) is 28.8. The first kappa shape index (κ1) is 24.0. The molecule has 0 saturated heterocycles. The van der Waals surface area contributed by atoms with Crippen molar-refractivity contribution in [2.75, 3.05) is 17.2 Å². The highest BCUT2D eigenvalue weighted by atomic mass is 19.4. The maximum Gasteiger partial charge on any atom is 0.573 e. The molecule has 0 atom stereocenters. The highest BCUT2D eigenvalue weighted by Gasteiger charge is 2.31. The Kier molecular flexibility index (Phi) is 8.71. The fourth-order valence-corrected chi connectivity index (χ4v) is 2.63. The van der Waals surface area contributed by atoms with Crippen molar-refractivity contribution in [3.8, 4) is 5.75 Å². The van der Waals surface area contributed by atoms with Gasteiger partial charge in [-0.05, 0) is 37.1 Å². The van der Waals surface area contributed by atoms with Crippen LogP contribution in [0.5, 0.6) is 5.75 Å². The van der Waals surface area contributed by atoms with E-state index in [1.54, 1.807) is 10.8 Å². The molecule has 0 fully saturated rings. The summed E-state index contributed by atoms with van der Waals surface area (Å²) in [7, 11) is 0. The van der Waals surface area contributed by atoms with E-state index in [2.05, 4.69) is 25.7 Å². The first-order valence-corrected chi connectivity index (χ1v) is 10.0. The van der Waals surface area contributed by atoms with E-state index in [9.17, 15) is 22.8 Å². The predicted octanol–water partition coefficient (Wildman–Crippen LogP) is 4.76. The number of aromatic nitrogens is 2. The molecule has 0 unspecified atom stereocenters. The molecule has 1 aromatic carbocycles. The van der Waals surface area contributed by atoms with Crippen LogP contribution in [-0.4, -0.2) is 34.4 Å². The number of halogens is 3. The van der Waals surface area contributed by atoms with Crippen LogP contribution in [0, 0.1) is 0 Å². The minimum Gasteiger partial charge on any atom is -0.406 e.